The van der Waals surface area contributed by atoms with Crippen molar-refractivity contribution in [3.63, 3.8) is 0 Å². The summed E-state index contributed by atoms with van der Waals surface area (Å²) in [4.78, 5) is 0. The van der Waals surface area contributed by atoms with Gasteiger partial charge in [-0.15, -0.1) is 6.58 Å². The lowest BCUT2D eigenvalue weighted by molar-refractivity contribution is 0.322. The Morgan fingerprint density at radius 2 is 2.23 bits per heavy atom. The Balaban J connectivity index is 2.83. The minimum absolute atomic E-state index is 0.691. The van der Waals surface area contributed by atoms with Gasteiger partial charge in [0.25, 0.3) is 0 Å². The average molecular weight is 176 g/mol. The molecule has 0 atom stereocenters. The first-order valence-electron chi connectivity index (χ1n) is 3.99. The number of hydrogen-bond acceptors (Lipinski definition) is 3. The molecule has 0 unspecified atom stereocenters. The highest BCUT2D eigenvalue weighted by atomic mass is 16.4. The Morgan fingerprint density at radius 1 is 1.46 bits per heavy atom. The lowest BCUT2D eigenvalue weighted by Crippen LogP contribution is -2.00. The van der Waals surface area contributed by atoms with Crippen LogP contribution in [0.1, 0.15) is 5.56 Å². The van der Waals surface area contributed by atoms with Gasteiger partial charge in [0.2, 0.25) is 0 Å². The zero-order valence-corrected chi connectivity index (χ0v) is 7.27. The second-order valence-corrected chi connectivity index (χ2v) is 2.50. The largest absolute Gasteiger partial charge is 0.411 e. The molecule has 0 radical (unpaired) electrons. The summed E-state index contributed by atoms with van der Waals surface area (Å²) in [5.74, 6) is 0. The van der Waals surface area contributed by atoms with Crippen molar-refractivity contribution in [3.05, 3.63) is 42.5 Å². The molecule has 13 heavy (non-hydrogen) atoms. The molecule has 3 heteroatoms. The molecule has 0 bridgehead atoms. The van der Waals surface area contributed by atoms with Gasteiger partial charge in [-0.3, -0.25) is 0 Å². The van der Waals surface area contributed by atoms with E-state index in [0.717, 1.165) is 11.3 Å². The Bertz CT molecular complexity index is 308. The minimum Gasteiger partial charge on any atom is -0.411 e. The lowest BCUT2D eigenvalue weighted by atomic mass is 10.2. The molecule has 1 rings (SSSR count). The van der Waals surface area contributed by atoms with Crippen molar-refractivity contribution >= 4 is 11.9 Å². The number of hydrogen-bond donors (Lipinski definition) is 2. The van der Waals surface area contributed by atoms with E-state index in [2.05, 4.69) is 17.1 Å². The number of benzene rings is 1. The molecule has 3 nitrogen and oxygen atoms in total. The van der Waals surface area contributed by atoms with E-state index in [9.17, 15) is 0 Å². The van der Waals surface area contributed by atoms with Crippen LogP contribution in [0, 0.1) is 0 Å². The van der Waals surface area contributed by atoms with Crippen molar-refractivity contribution in [1.82, 2.24) is 0 Å². The third kappa shape index (κ3) is 2.63. The van der Waals surface area contributed by atoms with Crippen molar-refractivity contribution in [2.24, 2.45) is 5.16 Å². The van der Waals surface area contributed by atoms with Crippen LogP contribution in [0.25, 0.3) is 0 Å². The maximum absolute atomic E-state index is 8.39. The zero-order chi connectivity index (χ0) is 9.52. The van der Waals surface area contributed by atoms with E-state index in [0.29, 0.717) is 6.54 Å². The third-order valence-corrected chi connectivity index (χ3v) is 1.59. The van der Waals surface area contributed by atoms with Crippen molar-refractivity contribution in [1.29, 1.82) is 0 Å². The first kappa shape index (κ1) is 9.32. The van der Waals surface area contributed by atoms with Gasteiger partial charge in [-0.25, -0.2) is 0 Å². The summed E-state index contributed by atoms with van der Waals surface area (Å²) >= 11 is 0. The minimum atomic E-state index is 0.691. The normalized spacial score (nSPS) is 10.2. The Morgan fingerprint density at radius 3 is 2.92 bits per heavy atom. The van der Waals surface area contributed by atoms with Crippen LogP contribution in [0.15, 0.2) is 42.1 Å². The van der Waals surface area contributed by atoms with Gasteiger partial charge >= 0.3 is 0 Å². The number of oxime groups is 1. The molecular formula is C10H12N2O. The molecule has 2 N–H and O–H groups in total. The molecule has 1 aromatic rings. The highest BCUT2D eigenvalue weighted by Gasteiger charge is 1.95. The number of anilines is 1. The molecule has 0 aliphatic carbocycles. The highest BCUT2D eigenvalue weighted by molar-refractivity contribution is 5.87. The van der Waals surface area contributed by atoms with E-state index < -0.39 is 0 Å². The smallest absolute Gasteiger partial charge is 0.0754 e. The van der Waals surface area contributed by atoms with Gasteiger partial charge in [0.05, 0.1) is 6.21 Å². The van der Waals surface area contributed by atoms with E-state index in [1.54, 1.807) is 6.08 Å². The molecule has 0 spiro atoms. The van der Waals surface area contributed by atoms with Crippen molar-refractivity contribution in [2.45, 2.75) is 0 Å². The van der Waals surface area contributed by atoms with Crippen LogP contribution in [0.5, 0.6) is 0 Å². The Kier molecular flexibility index (Phi) is 3.57. The number of para-hydroxylation sites is 1. The van der Waals surface area contributed by atoms with Crippen LogP contribution in [0.3, 0.4) is 0 Å². The molecule has 0 amide bonds. The molecule has 68 valence electrons. The highest BCUT2D eigenvalue weighted by Crippen LogP contribution is 2.11. The molecule has 0 heterocycles. The molecule has 0 aliphatic heterocycles. The molecule has 0 fully saturated rings. The van der Waals surface area contributed by atoms with Gasteiger partial charge in [0.1, 0.15) is 0 Å². The van der Waals surface area contributed by atoms with Crippen molar-refractivity contribution < 1.29 is 5.21 Å². The van der Waals surface area contributed by atoms with Gasteiger partial charge in [0.15, 0.2) is 0 Å². The second kappa shape index (κ2) is 4.98. The number of nitrogens with one attached hydrogen (secondary N) is 1. The standard InChI is InChI=1S/C10H12N2O/c1-2-7-11-10-6-4-3-5-9(10)8-12-13/h2-6,8,11,13H,1,7H2/b12-8-. The maximum Gasteiger partial charge on any atom is 0.0754 e. The van der Waals surface area contributed by atoms with Gasteiger partial charge in [-0.2, -0.15) is 0 Å². The molecule has 0 saturated carbocycles. The van der Waals surface area contributed by atoms with Gasteiger partial charge in [0, 0.05) is 17.8 Å². The van der Waals surface area contributed by atoms with E-state index in [4.69, 9.17) is 5.21 Å². The summed E-state index contributed by atoms with van der Waals surface area (Å²) in [7, 11) is 0. The molecule has 1 aromatic carbocycles. The van der Waals surface area contributed by atoms with Crippen LogP contribution >= 0.6 is 0 Å². The lowest BCUT2D eigenvalue weighted by Gasteiger charge is -2.05. The first-order valence-corrected chi connectivity index (χ1v) is 3.99. The topological polar surface area (TPSA) is 44.6 Å². The van der Waals surface area contributed by atoms with E-state index in [1.807, 2.05) is 24.3 Å². The quantitative estimate of drug-likeness (QED) is 0.319. The summed E-state index contributed by atoms with van der Waals surface area (Å²) in [6.45, 7) is 4.30. The van der Waals surface area contributed by atoms with Crippen molar-refractivity contribution in [2.75, 3.05) is 11.9 Å². The summed E-state index contributed by atoms with van der Waals surface area (Å²) in [6.07, 6.45) is 3.16. The predicted molar refractivity (Wildman–Crippen MR) is 54.5 cm³/mol. The monoisotopic (exact) mass is 176 g/mol. The van der Waals surface area contributed by atoms with E-state index in [1.165, 1.54) is 6.21 Å². The SMILES string of the molecule is C=CCNc1ccccc1/C=N\O. The summed E-state index contributed by atoms with van der Waals surface area (Å²) in [6, 6.07) is 7.59. The first-order chi connectivity index (χ1) is 6.38. The van der Waals surface area contributed by atoms with Crippen LogP contribution in [-0.4, -0.2) is 18.0 Å². The van der Waals surface area contributed by atoms with Gasteiger partial charge < -0.3 is 10.5 Å². The Hall–Kier alpha value is -1.77. The van der Waals surface area contributed by atoms with Crippen LogP contribution in [0.4, 0.5) is 5.69 Å². The molecule has 0 aromatic heterocycles. The Labute approximate surface area is 77.4 Å². The van der Waals surface area contributed by atoms with Crippen LogP contribution < -0.4 is 5.32 Å². The fourth-order valence-electron chi connectivity index (χ4n) is 1.01. The van der Waals surface area contributed by atoms with Gasteiger partial charge in [-0.1, -0.05) is 29.4 Å². The van der Waals surface area contributed by atoms with Gasteiger partial charge in [-0.05, 0) is 6.07 Å². The van der Waals surface area contributed by atoms with Crippen LogP contribution in [0.2, 0.25) is 0 Å². The van der Waals surface area contributed by atoms with E-state index >= 15 is 0 Å². The summed E-state index contributed by atoms with van der Waals surface area (Å²) in [5.41, 5.74) is 1.78. The molecule has 0 saturated heterocycles. The fourth-order valence-corrected chi connectivity index (χ4v) is 1.01. The molecular weight excluding hydrogens is 164 g/mol. The zero-order valence-electron chi connectivity index (χ0n) is 7.27. The summed E-state index contributed by atoms with van der Waals surface area (Å²) in [5, 5.41) is 14.5. The third-order valence-electron chi connectivity index (χ3n) is 1.59. The number of rotatable bonds is 4. The fraction of sp³-hybridized carbons (Fsp3) is 0.100. The van der Waals surface area contributed by atoms with Crippen LogP contribution in [-0.2, 0) is 0 Å². The maximum atomic E-state index is 8.39. The second-order valence-electron chi connectivity index (χ2n) is 2.50. The molecule has 0 aliphatic rings. The summed E-state index contributed by atoms with van der Waals surface area (Å²) < 4.78 is 0. The number of nitrogens with zero attached hydrogens (tertiary/aromatic N) is 1. The average Bonchev–Trinajstić information content (AvgIpc) is 2.17. The predicted octanol–water partition coefficient (Wildman–Crippen LogP) is 2.09. The van der Waals surface area contributed by atoms with E-state index in [-0.39, 0.29) is 0 Å². The van der Waals surface area contributed by atoms with Crippen molar-refractivity contribution in [3.8, 4) is 0 Å².